The molecule has 0 fully saturated rings. The summed E-state index contributed by atoms with van der Waals surface area (Å²) >= 11 is 5.86. The molecular formula is C21H25ClN2O3. The van der Waals surface area contributed by atoms with E-state index in [4.69, 9.17) is 16.3 Å². The molecule has 0 aliphatic rings. The number of likely N-dealkylation sites (N-methyl/N-ethyl adjacent to an activating group) is 1. The van der Waals surface area contributed by atoms with E-state index in [2.05, 4.69) is 5.32 Å². The summed E-state index contributed by atoms with van der Waals surface area (Å²) in [6.45, 7) is 4.47. The summed E-state index contributed by atoms with van der Waals surface area (Å²) in [4.78, 5) is 26.9. The molecule has 0 aliphatic heterocycles. The van der Waals surface area contributed by atoms with Gasteiger partial charge in [0.25, 0.3) is 5.91 Å². The van der Waals surface area contributed by atoms with Crippen molar-refractivity contribution in [3.05, 3.63) is 65.2 Å². The van der Waals surface area contributed by atoms with Crippen LogP contribution in [0.4, 0.5) is 0 Å². The van der Waals surface area contributed by atoms with Crippen LogP contribution in [0.1, 0.15) is 25.8 Å². The highest BCUT2D eigenvalue weighted by Gasteiger charge is 2.28. The Morgan fingerprint density at radius 1 is 1.07 bits per heavy atom. The molecule has 2 amide bonds. The minimum atomic E-state index is -0.550. The Kier molecular flexibility index (Phi) is 8.14. The van der Waals surface area contributed by atoms with Crippen LogP contribution >= 0.6 is 11.6 Å². The SMILES string of the molecule is CCNC(=O)[C@H](CC)N(Cc1ccccc1)C(=O)COc1ccc(Cl)cc1. The molecule has 0 saturated heterocycles. The van der Waals surface area contributed by atoms with Crippen LogP contribution < -0.4 is 10.1 Å². The third-order valence-electron chi connectivity index (χ3n) is 4.11. The highest BCUT2D eigenvalue weighted by Crippen LogP contribution is 2.17. The first-order valence-corrected chi connectivity index (χ1v) is 9.42. The van der Waals surface area contributed by atoms with E-state index in [0.29, 0.717) is 30.3 Å². The van der Waals surface area contributed by atoms with Gasteiger partial charge in [-0.15, -0.1) is 0 Å². The molecule has 0 aliphatic carbocycles. The standard InChI is InChI=1S/C21H25ClN2O3/c1-3-19(21(26)23-4-2)24(14-16-8-6-5-7-9-16)20(25)15-27-18-12-10-17(22)11-13-18/h5-13,19H,3-4,14-15H2,1-2H3,(H,23,26)/t19-/m0/s1. The number of nitrogens with one attached hydrogen (secondary N) is 1. The molecule has 2 aromatic rings. The van der Waals surface area contributed by atoms with Crippen molar-refractivity contribution in [1.82, 2.24) is 10.2 Å². The van der Waals surface area contributed by atoms with Gasteiger partial charge in [-0.05, 0) is 43.2 Å². The Morgan fingerprint density at radius 3 is 2.33 bits per heavy atom. The number of benzene rings is 2. The van der Waals surface area contributed by atoms with Gasteiger partial charge >= 0.3 is 0 Å². The van der Waals surface area contributed by atoms with E-state index in [1.807, 2.05) is 44.2 Å². The number of halogens is 1. The molecule has 2 rings (SSSR count). The topological polar surface area (TPSA) is 58.6 Å². The molecule has 1 atom stereocenters. The zero-order valence-electron chi connectivity index (χ0n) is 15.7. The third kappa shape index (κ3) is 6.29. The van der Waals surface area contributed by atoms with E-state index in [1.165, 1.54) is 0 Å². The third-order valence-corrected chi connectivity index (χ3v) is 4.36. The van der Waals surface area contributed by atoms with Gasteiger partial charge in [0.15, 0.2) is 6.61 Å². The first-order valence-electron chi connectivity index (χ1n) is 9.04. The minimum Gasteiger partial charge on any atom is -0.484 e. The Bertz CT molecular complexity index is 735. The van der Waals surface area contributed by atoms with Gasteiger partial charge in [-0.3, -0.25) is 9.59 Å². The van der Waals surface area contributed by atoms with E-state index < -0.39 is 6.04 Å². The number of nitrogens with zero attached hydrogens (tertiary/aromatic N) is 1. The van der Waals surface area contributed by atoms with Crippen LogP contribution in [0.15, 0.2) is 54.6 Å². The second-order valence-electron chi connectivity index (χ2n) is 6.07. The summed E-state index contributed by atoms with van der Waals surface area (Å²) in [5.74, 6) is 0.154. The zero-order chi connectivity index (χ0) is 19.6. The summed E-state index contributed by atoms with van der Waals surface area (Å²) in [6, 6.07) is 15.9. The minimum absolute atomic E-state index is 0.148. The van der Waals surface area contributed by atoms with Gasteiger partial charge in [0.05, 0.1) is 0 Å². The van der Waals surface area contributed by atoms with Crippen LogP contribution in [0.5, 0.6) is 5.75 Å². The molecular weight excluding hydrogens is 364 g/mol. The predicted molar refractivity (Wildman–Crippen MR) is 107 cm³/mol. The second-order valence-corrected chi connectivity index (χ2v) is 6.50. The summed E-state index contributed by atoms with van der Waals surface area (Å²) in [7, 11) is 0. The Hall–Kier alpha value is -2.53. The Balaban J connectivity index is 2.14. The fraction of sp³-hybridized carbons (Fsp3) is 0.333. The molecule has 0 aromatic heterocycles. The fourth-order valence-electron chi connectivity index (χ4n) is 2.75. The second kappa shape index (κ2) is 10.6. The van der Waals surface area contributed by atoms with Crippen molar-refractivity contribution in [3.8, 4) is 5.75 Å². The van der Waals surface area contributed by atoms with Crippen molar-refractivity contribution < 1.29 is 14.3 Å². The maximum Gasteiger partial charge on any atom is 0.261 e. The highest BCUT2D eigenvalue weighted by molar-refractivity contribution is 6.30. The largest absolute Gasteiger partial charge is 0.484 e. The number of amides is 2. The van der Waals surface area contributed by atoms with Crippen LogP contribution in [0, 0.1) is 0 Å². The zero-order valence-corrected chi connectivity index (χ0v) is 16.4. The smallest absolute Gasteiger partial charge is 0.261 e. The van der Waals surface area contributed by atoms with Crippen molar-refractivity contribution in [1.29, 1.82) is 0 Å². The molecule has 144 valence electrons. The van der Waals surface area contributed by atoms with E-state index in [-0.39, 0.29) is 18.4 Å². The van der Waals surface area contributed by atoms with E-state index in [0.717, 1.165) is 5.56 Å². The molecule has 0 saturated carbocycles. The number of hydrogen-bond donors (Lipinski definition) is 1. The van der Waals surface area contributed by atoms with Gasteiger partial charge in [-0.2, -0.15) is 0 Å². The lowest BCUT2D eigenvalue weighted by molar-refractivity contribution is -0.142. The summed E-state index contributed by atoms with van der Waals surface area (Å²) in [5.41, 5.74) is 0.958. The van der Waals surface area contributed by atoms with Crippen molar-refractivity contribution >= 4 is 23.4 Å². The van der Waals surface area contributed by atoms with Gasteiger partial charge in [0.2, 0.25) is 5.91 Å². The maximum atomic E-state index is 12.9. The van der Waals surface area contributed by atoms with Crippen molar-refractivity contribution in [2.75, 3.05) is 13.2 Å². The summed E-state index contributed by atoms with van der Waals surface area (Å²) in [5, 5.41) is 3.41. The molecule has 0 bridgehead atoms. The van der Waals surface area contributed by atoms with Crippen LogP contribution in [0.25, 0.3) is 0 Å². The quantitative estimate of drug-likeness (QED) is 0.713. The monoisotopic (exact) mass is 388 g/mol. The molecule has 0 radical (unpaired) electrons. The van der Waals surface area contributed by atoms with Crippen LogP contribution in [0.2, 0.25) is 5.02 Å². The maximum absolute atomic E-state index is 12.9. The lowest BCUT2D eigenvalue weighted by Gasteiger charge is -2.30. The van der Waals surface area contributed by atoms with Crippen LogP contribution in [-0.2, 0) is 16.1 Å². The van der Waals surface area contributed by atoms with E-state index >= 15 is 0 Å². The molecule has 27 heavy (non-hydrogen) atoms. The first-order chi connectivity index (χ1) is 13.0. The van der Waals surface area contributed by atoms with E-state index in [9.17, 15) is 9.59 Å². The molecule has 0 spiro atoms. The molecule has 2 aromatic carbocycles. The lowest BCUT2D eigenvalue weighted by atomic mass is 10.1. The van der Waals surface area contributed by atoms with Crippen LogP contribution in [0.3, 0.4) is 0 Å². The number of carbonyl (C=O) groups excluding carboxylic acids is 2. The molecule has 6 heteroatoms. The van der Waals surface area contributed by atoms with Crippen LogP contribution in [-0.4, -0.2) is 35.9 Å². The average molecular weight is 389 g/mol. The highest BCUT2D eigenvalue weighted by atomic mass is 35.5. The number of ether oxygens (including phenoxy) is 1. The molecule has 5 nitrogen and oxygen atoms in total. The lowest BCUT2D eigenvalue weighted by Crippen LogP contribution is -2.50. The van der Waals surface area contributed by atoms with Gasteiger partial charge < -0.3 is 15.0 Å². The Labute approximate surface area is 165 Å². The first kappa shape index (κ1) is 20.8. The molecule has 1 N–H and O–H groups in total. The molecule has 0 unspecified atom stereocenters. The fourth-order valence-corrected chi connectivity index (χ4v) is 2.88. The number of carbonyl (C=O) groups is 2. The van der Waals surface area contributed by atoms with Gasteiger partial charge in [0.1, 0.15) is 11.8 Å². The van der Waals surface area contributed by atoms with Gasteiger partial charge in [0, 0.05) is 18.1 Å². The normalized spacial score (nSPS) is 11.5. The molecule has 0 heterocycles. The van der Waals surface area contributed by atoms with Crippen molar-refractivity contribution in [2.45, 2.75) is 32.9 Å². The van der Waals surface area contributed by atoms with Crippen molar-refractivity contribution in [3.63, 3.8) is 0 Å². The van der Waals surface area contributed by atoms with Gasteiger partial charge in [-0.1, -0.05) is 48.9 Å². The predicted octanol–water partition coefficient (Wildman–Crippen LogP) is 3.66. The summed E-state index contributed by atoms with van der Waals surface area (Å²) < 4.78 is 5.59. The Morgan fingerprint density at radius 2 is 1.74 bits per heavy atom. The van der Waals surface area contributed by atoms with E-state index in [1.54, 1.807) is 29.2 Å². The number of hydrogen-bond acceptors (Lipinski definition) is 3. The van der Waals surface area contributed by atoms with Gasteiger partial charge in [-0.25, -0.2) is 0 Å². The average Bonchev–Trinajstić information content (AvgIpc) is 2.68. The number of rotatable bonds is 9. The summed E-state index contributed by atoms with van der Waals surface area (Å²) in [6.07, 6.45) is 0.519. The van der Waals surface area contributed by atoms with Crippen molar-refractivity contribution in [2.24, 2.45) is 0 Å².